The molecule has 7 heteroatoms. The van der Waals surface area contributed by atoms with Crippen molar-refractivity contribution in [3.63, 3.8) is 0 Å². The van der Waals surface area contributed by atoms with Crippen molar-refractivity contribution in [2.75, 3.05) is 6.61 Å². The van der Waals surface area contributed by atoms with Gasteiger partial charge in [0.1, 0.15) is 0 Å². The number of carbonyl (C=O) groups excluding carboxylic acids is 2. The van der Waals surface area contributed by atoms with Gasteiger partial charge >= 0.3 is 5.97 Å². The predicted molar refractivity (Wildman–Crippen MR) is 125 cm³/mol. The van der Waals surface area contributed by atoms with Crippen molar-refractivity contribution in [1.29, 1.82) is 0 Å². The summed E-state index contributed by atoms with van der Waals surface area (Å²) in [6.45, 7) is 6.06. The van der Waals surface area contributed by atoms with E-state index in [0.29, 0.717) is 12.2 Å². The highest BCUT2D eigenvalue weighted by atomic mass is 79.9. The fraction of sp³-hybridized carbons (Fsp3) is 0.208. The molecule has 0 spiro atoms. The van der Waals surface area contributed by atoms with Crippen molar-refractivity contribution >= 4 is 34.0 Å². The maximum absolute atomic E-state index is 12.1. The minimum atomic E-state index is -0.345. The van der Waals surface area contributed by atoms with Gasteiger partial charge in [-0.1, -0.05) is 34.1 Å². The molecule has 0 bridgehead atoms. The molecule has 160 valence electrons. The minimum absolute atomic E-state index is 0.186. The quantitative estimate of drug-likeness (QED) is 0.301. The highest BCUT2D eigenvalue weighted by Crippen LogP contribution is 2.21. The number of hydrogen-bond donors (Lipinski definition) is 1. The number of hydrogen-bond acceptors (Lipinski definition) is 4. The van der Waals surface area contributed by atoms with Gasteiger partial charge in [0.05, 0.1) is 24.8 Å². The highest BCUT2D eigenvalue weighted by molar-refractivity contribution is 9.10. The molecule has 1 amide bonds. The van der Waals surface area contributed by atoms with Crippen molar-refractivity contribution < 1.29 is 14.3 Å². The average Bonchev–Trinajstić information content (AvgIpc) is 3.03. The first-order valence-electron chi connectivity index (χ1n) is 9.92. The van der Waals surface area contributed by atoms with E-state index in [4.69, 9.17) is 4.74 Å². The lowest BCUT2D eigenvalue weighted by molar-refractivity contribution is -0.120. The van der Waals surface area contributed by atoms with E-state index in [-0.39, 0.29) is 18.3 Å². The molecule has 1 N–H and O–H groups in total. The summed E-state index contributed by atoms with van der Waals surface area (Å²) in [5.41, 5.74) is 7.67. The zero-order chi connectivity index (χ0) is 22.4. The molecular weight excluding hydrogens is 458 g/mol. The molecule has 0 atom stereocenters. The third-order valence-corrected chi connectivity index (χ3v) is 5.29. The van der Waals surface area contributed by atoms with Crippen LogP contribution in [0.1, 0.15) is 39.8 Å². The second-order valence-electron chi connectivity index (χ2n) is 7.03. The summed E-state index contributed by atoms with van der Waals surface area (Å²) in [5.74, 6) is -0.531. The van der Waals surface area contributed by atoms with Crippen molar-refractivity contribution in [3.8, 4) is 5.69 Å². The molecule has 0 unspecified atom stereocenters. The molecule has 3 rings (SSSR count). The number of amides is 1. The van der Waals surface area contributed by atoms with Crippen LogP contribution in [0.4, 0.5) is 0 Å². The van der Waals surface area contributed by atoms with Gasteiger partial charge in [-0.25, -0.2) is 10.2 Å². The number of nitrogens with one attached hydrogen (secondary N) is 1. The molecule has 0 aliphatic rings. The molecule has 0 fully saturated rings. The Hall–Kier alpha value is -3.19. The lowest BCUT2D eigenvalue weighted by Gasteiger charge is -2.11. The summed E-state index contributed by atoms with van der Waals surface area (Å²) in [7, 11) is 0. The minimum Gasteiger partial charge on any atom is -0.462 e. The predicted octanol–water partition coefficient (Wildman–Crippen LogP) is 4.73. The molecule has 1 aromatic heterocycles. The van der Waals surface area contributed by atoms with Crippen molar-refractivity contribution in [2.45, 2.75) is 27.2 Å². The summed E-state index contributed by atoms with van der Waals surface area (Å²) in [4.78, 5) is 24.2. The summed E-state index contributed by atoms with van der Waals surface area (Å²) in [5, 5.41) is 4.11. The first kappa shape index (κ1) is 22.5. The molecular formula is C24H24BrN3O3. The molecule has 0 saturated heterocycles. The Morgan fingerprint density at radius 1 is 1.13 bits per heavy atom. The van der Waals surface area contributed by atoms with E-state index < -0.39 is 0 Å². The maximum atomic E-state index is 12.1. The molecule has 0 aliphatic heterocycles. The lowest BCUT2D eigenvalue weighted by Crippen LogP contribution is -2.19. The van der Waals surface area contributed by atoms with Crippen LogP contribution in [0.15, 0.2) is 64.2 Å². The highest BCUT2D eigenvalue weighted by Gasteiger charge is 2.12. The number of benzene rings is 2. The Balaban J connectivity index is 1.72. The number of rotatable bonds is 7. The van der Waals surface area contributed by atoms with Gasteiger partial charge in [0.25, 0.3) is 0 Å². The van der Waals surface area contributed by atoms with Crippen LogP contribution in [0.5, 0.6) is 0 Å². The topological polar surface area (TPSA) is 72.7 Å². The zero-order valence-corrected chi connectivity index (χ0v) is 19.3. The lowest BCUT2D eigenvalue weighted by atomic mass is 10.1. The van der Waals surface area contributed by atoms with Gasteiger partial charge in [0.15, 0.2) is 0 Å². The summed E-state index contributed by atoms with van der Waals surface area (Å²) in [6.07, 6.45) is 1.89. The first-order chi connectivity index (χ1) is 14.9. The van der Waals surface area contributed by atoms with E-state index in [2.05, 4.69) is 26.5 Å². The standard InChI is InChI=1S/C24H24BrN3O3/c1-4-31-24(30)19-6-5-7-22(14-19)28-16(2)12-20(17(28)3)15-26-27-23(29)13-18-8-10-21(25)11-9-18/h5-12,14-15H,4,13H2,1-3H3,(H,27,29)/b26-15-. The van der Waals surface area contributed by atoms with E-state index >= 15 is 0 Å². The Bertz CT molecular complexity index is 1120. The van der Waals surface area contributed by atoms with Crippen molar-refractivity contribution in [3.05, 3.63) is 87.1 Å². The molecule has 2 aromatic carbocycles. The van der Waals surface area contributed by atoms with Crippen LogP contribution in [0, 0.1) is 13.8 Å². The number of ether oxygens (including phenoxy) is 1. The van der Waals surface area contributed by atoms with Crippen LogP contribution in [-0.2, 0) is 16.0 Å². The average molecular weight is 482 g/mol. The second kappa shape index (κ2) is 10.2. The monoisotopic (exact) mass is 481 g/mol. The number of carbonyl (C=O) groups is 2. The normalized spacial score (nSPS) is 11.0. The van der Waals surface area contributed by atoms with Gasteiger partial charge in [-0.3, -0.25) is 4.79 Å². The third-order valence-electron chi connectivity index (χ3n) is 4.76. The number of aryl methyl sites for hydroxylation is 1. The van der Waals surface area contributed by atoms with Crippen molar-refractivity contribution in [1.82, 2.24) is 9.99 Å². The van der Waals surface area contributed by atoms with Crippen LogP contribution in [0.25, 0.3) is 5.69 Å². The maximum Gasteiger partial charge on any atom is 0.338 e. The zero-order valence-electron chi connectivity index (χ0n) is 17.7. The van der Waals surface area contributed by atoms with Crippen LogP contribution in [0.3, 0.4) is 0 Å². The molecule has 0 aliphatic carbocycles. The second-order valence-corrected chi connectivity index (χ2v) is 7.94. The van der Waals surface area contributed by atoms with Crippen LogP contribution < -0.4 is 5.43 Å². The van der Waals surface area contributed by atoms with Gasteiger partial charge in [0, 0.05) is 27.1 Å². The summed E-state index contributed by atoms with van der Waals surface area (Å²) >= 11 is 3.38. The molecule has 0 radical (unpaired) electrons. The number of nitrogens with zero attached hydrogens (tertiary/aromatic N) is 2. The van der Waals surface area contributed by atoms with Gasteiger partial charge in [0.2, 0.25) is 5.91 Å². The number of esters is 1. The summed E-state index contributed by atoms with van der Waals surface area (Å²) < 4.78 is 8.10. The van der Waals surface area contributed by atoms with E-state index in [1.165, 1.54) is 0 Å². The third kappa shape index (κ3) is 5.70. The smallest absolute Gasteiger partial charge is 0.338 e. The SMILES string of the molecule is CCOC(=O)c1cccc(-n2c(C)cc(/C=N\NC(=O)Cc3ccc(Br)cc3)c2C)c1. The molecule has 1 heterocycles. The Morgan fingerprint density at radius 2 is 1.87 bits per heavy atom. The van der Waals surface area contributed by atoms with E-state index in [1.54, 1.807) is 25.3 Å². The first-order valence-corrected chi connectivity index (χ1v) is 10.7. The molecule has 3 aromatic rings. The summed E-state index contributed by atoms with van der Waals surface area (Å²) in [6, 6.07) is 16.9. The number of hydrazone groups is 1. The molecule has 6 nitrogen and oxygen atoms in total. The van der Waals surface area contributed by atoms with Crippen LogP contribution >= 0.6 is 15.9 Å². The molecule has 0 saturated carbocycles. The Kier molecular flexibility index (Phi) is 7.41. The Morgan fingerprint density at radius 3 is 2.58 bits per heavy atom. The largest absolute Gasteiger partial charge is 0.462 e. The number of aromatic nitrogens is 1. The van der Waals surface area contributed by atoms with Gasteiger partial charge in [-0.2, -0.15) is 5.10 Å². The Labute approximate surface area is 190 Å². The van der Waals surface area contributed by atoms with Gasteiger partial charge in [-0.05, 0) is 62.7 Å². The van der Waals surface area contributed by atoms with Crippen LogP contribution in [-0.4, -0.2) is 29.3 Å². The van der Waals surface area contributed by atoms with E-state index in [0.717, 1.165) is 32.7 Å². The van der Waals surface area contributed by atoms with Gasteiger partial charge < -0.3 is 9.30 Å². The fourth-order valence-corrected chi connectivity index (χ4v) is 3.57. The fourth-order valence-electron chi connectivity index (χ4n) is 3.30. The van der Waals surface area contributed by atoms with E-state index in [9.17, 15) is 9.59 Å². The van der Waals surface area contributed by atoms with Crippen LogP contribution in [0.2, 0.25) is 0 Å². The van der Waals surface area contributed by atoms with Crippen molar-refractivity contribution in [2.24, 2.45) is 5.10 Å². The van der Waals surface area contributed by atoms with Gasteiger partial charge in [-0.15, -0.1) is 0 Å². The number of halogens is 1. The molecule has 31 heavy (non-hydrogen) atoms. The van der Waals surface area contributed by atoms with E-state index in [1.807, 2.05) is 60.9 Å².